The van der Waals surface area contributed by atoms with E-state index < -0.39 is 11.7 Å². The lowest BCUT2D eigenvalue weighted by Gasteiger charge is -2.11. The van der Waals surface area contributed by atoms with Gasteiger partial charge < -0.3 is 10.5 Å². The Bertz CT molecular complexity index is 675. The summed E-state index contributed by atoms with van der Waals surface area (Å²) in [7, 11) is 0. The molecule has 6 heteroatoms. The SMILES string of the molecule is N#Cc1ccc(Oc2cccc(C(F)(F)F)c2)c(N)c1. The van der Waals surface area contributed by atoms with Crippen molar-refractivity contribution in [1.29, 1.82) is 5.26 Å². The number of halogens is 3. The van der Waals surface area contributed by atoms with Gasteiger partial charge in [0.2, 0.25) is 0 Å². The van der Waals surface area contributed by atoms with Gasteiger partial charge in [0.1, 0.15) is 11.5 Å². The summed E-state index contributed by atoms with van der Waals surface area (Å²) in [6, 6.07) is 10.7. The molecule has 0 saturated heterocycles. The van der Waals surface area contributed by atoms with Crippen LogP contribution >= 0.6 is 0 Å². The van der Waals surface area contributed by atoms with E-state index >= 15 is 0 Å². The van der Waals surface area contributed by atoms with Crippen molar-refractivity contribution in [3.8, 4) is 17.6 Å². The fourth-order valence-electron chi connectivity index (χ4n) is 1.57. The average molecular weight is 278 g/mol. The highest BCUT2D eigenvalue weighted by atomic mass is 19.4. The maximum atomic E-state index is 12.6. The maximum absolute atomic E-state index is 12.6. The average Bonchev–Trinajstić information content (AvgIpc) is 2.40. The van der Waals surface area contributed by atoms with Crippen LogP contribution in [-0.2, 0) is 6.18 Å². The van der Waals surface area contributed by atoms with Gasteiger partial charge in [-0.05, 0) is 36.4 Å². The van der Waals surface area contributed by atoms with E-state index in [1.54, 1.807) is 0 Å². The Labute approximate surface area is 113 Å². The Balaban J connectivity index is 2.29. The van der Waals surface area contributed by atoms with Crippen LogP contribution in [0, 0.1) is 11.3 Å². The number of ether oxygens (including phenoxy) is 1. The lowest BCUT2D eigenvalue weighted by atomic mass is 10.2. The molecular weight excluding hydrogens is 269 g/mol. The van der Waals surface area contributed by atoms with Gasteiger partial charge in [-0.2, -0.15) is 18.4 Å². The van der Waals surface area contributed by atoms with E-state index in [1.165, 1.54) is 30.3 Å². The molecule has 0 aromatic heterocycles. The van der Waals surface area contributed by atoms with Crippen molar-refractivity contribution in [2.45, 2.75) is 6.18 Å². The minimum Gasteiger partial charge on any atom is -0.455 e. The van der Waals surface area contributed by atoms with Crippen LogP contribution in [0.1, 0.15) is 11.1 Å². The van der Waals surface area contributed by atoms with Gasteiger partial charge in [-0.15, -0.1) is 0 Å². The second kappa shape index (κ2) is 5.13. The molecule has 0 radical (unpaired) electrons. The fourth-order valence-corrected chi connectivity index (χ4v) is 1.57. The summed E-state index contributed by atoms with van der Waals surface area (Å²) in [5.74, 6) is 0.222. The number of anilines is 1. The van der Waals surface area contributed by atoms with Crippen LogP contribution in [0.2, 0.25) is 0 Å². The highest BCUT2D eigenvalue weighted by Gasteiger charge is 2.30. The molecule has 0 aliphatic rings. The number of nitrogens with two attached hydrogens (primary N) is 1. The predicted molar refractivity (Wildman–Crippen MR) is 67.1 cm³/mol. The third-order valence-corrected chi connectivity index (χ3v) is 2.53. The van der Waals surface area contributed by atoms with Gasteiger partial charge >= 0.3 is 6.18 Å². The third kappa shape index (κ3) is 3.01. The number of benzene rings is 2. The van der Waals surface area contributed by atoms with Gasteiger partial charge in [0.25, 0.3) is 0 Å². The van der Waals surface area contributed by atoms with Crippen molar-refractivity contribution in [1.82, 2.24) is 0 Å². The van der Waals surface area contributed by atoms with E-state index in [1.807, 2.05) is 6.07 Å². The van der Waals surface area contributed by atoms with Crippen molar-refractivity contribution in [3.63, 3.8) is 0 Å². The molecule has 0 unspecified atom stereocenters. The summed E-state index contributed by atoms with van der Waals surface area (Å²) in [6.45, 7) is 0. The van der Waals surface area contributed by atoms with Crippen molar-refractivity contribution < 1.29 is 17.9 Å². The number of alkyl halides is 3. The number of nitrogen functional groups attached to an aromatic ring is 1. The van der Waals surface area contributed by atoms with Crippen LogP contribution in [0.15, 0.2) is 42.5 Å². The van der Waals surface area contributed by atoms with Crippen LogP contribution in [0.5, 0.6) is 11.5 Å². The molecule has 0 amide bonds. The highest BCUT2D eigenvalue weighted by Crippen LogP contribution is 2.34. The zero-order valence-corrected chi connectivity index (χ0v) is 10.1. The number of hydrogen-bond donors (Lipinski definition) is 1. The highest BCUT2D eigenvalue weighted by molar-refractivity contribution is 5.57. The largest absolute Gasteiger partial charge is 0.455 e. The molecule has 2 N–H and O–H groups in total. The van der Waals surface area contributed by atoms with Crippen LogP contribution in [0.25, 0.3) is 0 Å². The first-order chi connectivity index (χ1) is 9.40. The molecule has 0 atom stereocenters. The van der Waals surface area contributed by atoms with Gasteiger partial charge in [0, 0.05) is 0 Å². The van der Waals surface area contributed by atoms with E-state index in [0.29, 0.717) is 5.56 Å². The maximum Gasteiger partial charge on any atom is 0.416 e. The topological polar surface area (TPSA) is 59.0 Å². The molecule has 0 aliphatic heterocycles. The molecule has 0 fully saturated rings. The van der Waals surface area contributed by atoms with E-state index in [2.05, 4.69) is 0 Å². The zero-order valence-electron chi connectivity index (χ0n) is 10.1. The first kappa shape index (κ1) is 13.7. The Morgan fingerprint density at radius 2 is 1.85 bits per heavy atom. The molecule has 0 saturated carbocycles. The Hall–Kier alpha value is -2.68. The number of rotatable bonds is 2. The molecule has 3 nitrogen and oxygen atoms in total. The summed E-state index contributed by atoms with van der Waals surface area (Å²) < 4.78 is 43.0. The normalized spacial score (nSPS) is 10.9. The Kier molecular flexibility index (Phi) is 3.53. The summed E-state index contributed by atoms with van der Waals surface area (Å²) in [5.41, 5.74) is 5.39. The van der Waals surface area contributed by atoms with Crippen LogP contribution < -0.4 is 10.5 Å². The molecule has 2 rings (SSSR count). The molecule has 0 spiro atoms. The van der Waals surface area contributed by atoms with Crippen molar-refractivity contribution in [3.05, 3.63) is 53.6 Å². The quantitative estimate of drug-likeness (QED) is 0.846. The van der Waals surface area contributed by atoms with Gasteiger partial charge in [0.15, 0.2) is 0 Å². The van der Waals surface area contributed by atoms with E-state index in [-0.39, 0.29) is 17.2 Å². The first-order valence-electron chi connectivity index (χ1n) is 5.55. The van der Waals surface area contributed by atoms with Gasteiger partial charge in [0.05, 0.1) is 22.9 Å². The predicted octanol–water partition coefficient (Wildman–Crippen LogP) is 3.95. The third-order valence-electron chi connectivity index (χ3n) is 2.53. The number of nitriles is 1. The molecule has 20 heavy (non-hydrogen) atoms. The van der Waals surface area contributed by atoms with Crippen LogP contribution in [-0.4, -0.2) is 0 Å². The Morgan fingerprint density at radius 3 is 2.45 bits per heavy atom. The summed E-state index contributed by atoms with van der Waals surface area (Å²) in [6.07, 6.45) is -4.43. The molecule has 2 aromatic rings. The first-order valence-corrected chi connectivity index (χ1v) is 5.55. The van der Waals surface area contributed by atoms with Crippen molar-refractivity contribution in [2.75, 3.05) is 5.73 Å². The fraction of sp³-hybridized carbons (Fsp3) is 0.0714. The second-order valence-corrected chi connectivity index (χ2v) is 3.99. The van der Waals surface area contributed by atoms with Crippen LogP contribution in [0.4, 0.5) is 18.9 Å². The lowest BCUT2D eigenvalue weighted by Crippen LogP contribution is -2.04. The van der Waals surface area contributed by atoms with Crippen molar-refractivity contribution >= 4 is 5.69 Å². The van der Waals surface area contributed by atoms with Crippen LogP contribution in [0.3, 0.4) is 0 Å². The van der Waals surface area contributed by atoms with E-state index in [0.717, 1.165) is 12.1 Å². The molecular formula is C14H9F3N2O. The van der Waals surface area contributed by atoms with Gasteiger partial charge in [-0.1, -0.05) is 6.07 Å². The zero-order chi connectivity index (χ0) is 14.8. The molecule has 102 valence electrons. The molecule has 0 heterocycles. The summed E-state index contributed by atoms with van der Waals surface area (Å²) >= 11 is 0. The van der Waals surface area contributed by atoms with E-state index in [9.17, 15) is 13.2 Å². The van der Waals surface area contributed by atoms with Gasteiger partial charge in [-0.25, -0.2) is 0 Å². The molecule has 0 aliphatic carbocycles. The summed E-state index contributed by atoms with van der Waals surface area (Å²) in [5, 5.41) is 8.70. The lowest BCUT2D eigenvalue weighted by molar-refractivity contribution is -0.137. The second-order valence-electron chi connectivity index (χ2n) is 3.99. The number of nitrogens with zero attached hydrogens (tertiary/aromatic N) is 1. The standard InChI is InChI=1S/C14H9F3N2O/c15-14(16,17)10-2-1-3-11(7-10)20-13-5-4-9(8-18)6-12(13)19/h1-7H,19H2. The minimum atomic E-state index is -4.43. The summed E-state index contributed by atoms with van der Waals surface area (Å²) in [4.78, 5) is 0. The minimum absolute atomic E-state index is 0.0243. The molecule has 0 bridgehead atoms. The monoisotopic (exact) mass is 278 g/mol. The smallest absolute Gasteiger partial charge is 0.416 e. The number of hydrogen-bond acceptors (Lipinski definition) is 3. The van der Waals surface area contributed by atoms with E-state index in [4.69, 9.17) is 15.7 Å². The van der Waals surface area contributed by atoms with Crippen molar-refractivity contribution in [2.24, 2.45) is 0 Å². The Morgan fingerprint density at radius 1 is 1.10 bits per heavy atom. The molecule has 2 aromatic carbocycles. The van der Waals surface area contributed by atoms with Gasteiger partial charge in [-0.3, -0.25) is 0 Å².